The van der Waals surface area contributed by atoms with Crippen LogP contribution < -0.4 is 0 Å². The molecule has 0 aromatic rings. The van der Waals surface area contributed by atoms with Crippen LogP contribution in [-0.4, -0.2) is 40.3 Å². The van der Waals surface area contributed by atoms with E-state index in [1.54, 1.807) is 20.8 Å². The second-order valence-corrected chi connectivity index (χ2v) is 6.50. The van der Waals surface area contributed by atoms with Gasteiger partial charge in [-0.1, -0.05) is 32.1 Å². The number of carboxylic acids is 1. The third kappa shape index (κ3) is 6.26. The molecule has 1 rings (SSSR count). The molecule has 0 radical (unpaired) electrons. The second-order valence-electron chi connectivity index (χ2n) is 6.50. The number of carbonyl (C=O) groups is 2. The molecular weight excluding hydrogens is 258 g/mol. The molecule has 5 nitrogen and oxygen atoms in total. The highest BCUT2D eigenvalue weighted by Crippen LogP contribution is 2.23. The molecule has 1 N–H and O–H groups in total. The van der Waals surface area contributed by atoms with Gasteiger partial charge in [0, 0.05) is 6.04 Å². The van der Waals surface area contributed by atoms with Crippen LogP contribution in [0.1, 0.15) is 65.7 Å². The van der Waals surface area contributed by atoms with Crippen LogP contribution in [0, 0.1) is 0 Å². The summed E-state index contributed by atoms with van der Waals surface area (Å²) in [6.45, 7) is 5.10. The van der Waals surface area contributed by atoms with Crippen LogP contribution in [0.15, 0.2) is 0 Å². The SMILES string of the molecule is CC(C)(C)OC(=O)N(CC(=O)O)C1CCCCCCC1. The summed E-state index contributed by atoms with van der Waals surface area (Å²) in [6, 6.07) is -0.0127. The van der Waals surface area contributed by atoms with Crippen LogP contribution in [-0.2, 0) is 9.53 Å². The van der Waals surface area contributed by atoms with Gasteiger partial charge in [-0.2, -0.15) is 0 Å². The molecule has 0 aromatic carbocycles. The van der Waals surface area contributed by atoms with Crippen molar-refractivity contribution >= 4 is 12.1 Å². The quantitative estimate of drug-likeness (QED) is 0.862. The fourth-order valence-corrected chi connectivity index (χ4v) is 2.56. The van der Waals surface area contributed by atoms with Crippen molar-refractivity contribution in [1.29, 1.82) is 0 Å². The third-order valence-corrected chi connectivity index (χ3v) is 3.45. The molecular formula is C15H27NO4. The van der Waals surface area contributed by atoms with Gasteiger partial charge < -0.3 is 9.84 Å². The molecule has 1 saturated carbocycles. The van der Waals surface area contributed by atoms with Crippen LogP contribution >= 0.6 is 0 Å². The molecule has 116 valence electrons. The van der Waals surface area contributed by atoms with Gasteiger partial charge in [-0.25, -0.2) is 4.79 Å². The van der Waals surface area contributed by atoms with Gasteiger partial charge in [0.1, 0.15) is 12.1 Å². The van der Waals surface area contributed by atoms with Gasteiger partial charge >= 0.3 is 12.1 Å². The van der Waals surface area contributed by atoms with E-state index in [2.05, 4.69) is 0 Å². The Bertz CT molecular complexity index is 327. The maximum Gasteiger partial charge on any atom is 0.411 e. The first-order valence-electron chi connectivity index (χ1n) is 7.51. The van der Waals surface area contributed by atoms with Crippen LogP contribution in [0.2, 0.25) is 0 Å². The number of hydrogen-bond acceptors (Lipinski definition) is 3. The summed E-state index contributed by atoms with van der Waals surface area (Å²) in [7, 11) is 0. The van der Waals surface area contributed by atoms with Crippen molar-refractivity contribution in [2.75, 3.05) is 6.54 Å². The number of carboxylic acid groups (broad SMARTS) is 1. The minimum atomic E-state index is -0.988. The monoisotopic (exact) mass is 285 g/mol. The van der Waals surface area contributed by atoms with Gasteiger partial charge in [-0.3, -0.25) is 9.69 Å². The summed E-state index contributed by atoms with van der Waals surface area (Å²) in [5.41, 5.74) is -0.602. The molecule has 1 aliphatic carbocycles. The number of hydrogen-bond donors (Lipinski definition) is 1. The molecule has 1 amide bonds. The molecule has 1 fully saturated rings. The summed E-state index contributed by atoms with van der Waals surface area (Å²) in [6.07, 6.45) is 6.87. The lowest BCUT2D eigenvalue weighted by Crippen LogP contribution is -2.46. The smallest absolute Gasteiger partial charge is 0.411 e. The minimum absolute atomic E-state index is 0.0127. The van der Waals surface area contributed by atoms with E-state index in [1.165, 1.54) is 11.3 Å². The minimum Gasteiger partial charge on any atom is -0.480 e. The highest BCUT2D eigenvalue weighted by molar-refractivity contribution is 5.77. The van der Waals surface area contributed by atoms with E-state index >= 15 is 0 Å². The van der Waals surface area contributed by atoms with Crippen molar-refractivity contribution in [2.24, 2.45) is 0 Å². The molecule has 0 saturated heterocycles. The molecule has 0 heterocycles. The number of aliphatic carboxylic acids is 1. The van der Waals surface area contributed by atoms with E-state index in [4.69, 9.17) is 9.84 Å². The predicted molar refractivity (Wildman–Crippen MR) is 76.7 cm³/mol. The Morgan fingerprint density at radius 1 is 1.10 bits per heavy atom. The average Bonchev–Trinajstić information content (AvgIpc) is 2.23. The lowest BCUT2D eigenvalue weighted by atomic mass is 9.96. The van der Waals surface area contributed by atoms with Gasteiger partial charge in [-0.15, -0.1) is 0 Å². The van der Waals surface area contributed by atoms with Crippen LogP contribution in [0.4, 0.5) is 4.79 Å². The van der Waals surface area contributed by atoms with E-state index in [0.717, 1.165) is 38.5 Å². The number of nitrogens with zero attached hydrogens (tertiary/aromatic N) is 1. The Kier molecular flexibility index (Phi) is 6.30. The topological polar surface area (TPSA) is 66.8 Å². The van der Waals surface area contributed by atoms with Gasteiger partial charge in [0.25, 0.3) is 0 Å². The second kappa shape index (κ2) is 7.50. The maximum absolute atomic E-state index is 12.2. The molecule has 20 heavy (non-hydrogen) atoms. The van der Waals surface area contributed by atoms with E-state index in [-0.39, 0.29) is 12.6 Å². The number of carbonyl (C=O) groups excluding carboxylic acids is 1. The fourth-order valence-electron chi connectivity index (χ4n) is 2.56. The fraction of sp³-hybridized carbons (Fsp3) is 0.867. The first kappa shape index (κ1) is 16.8. The van der Waals surface area contributed by atoms with E-state index in [1.807, 2.05) is 0 Å². The molecule has 5 heteroatoms. The lowest BCUT2D eigenvalue weighted by Gasteiger charge is -2.33. The molecule has 0 atom stereocenters. The van der Waals surface area contributed by atoms with E-state index < -0.39 is 17.7 Å². The van der Waals surface area contributed by atoms with Crippen LogP contribution in [0.5, 0.6) is 0 Å². The standard InChI is InChI=1S/C15H27NO4/c1-15(2,3)20-14(19)16(11-13(17)18)12-9-7-5-4-6-8-10-12/h12H,4-11H2,1-3H3,(H,17,18). The van der Waals surface area contributed by atoms with Crippen LogP contribution in [0.3, 0.4) is 0 Å². The van der Waals surface area contributed by atoms with Crippen molar-refractivity contribution in [2.45, 2.75) is 77.4 Å². The zero-order chi connectivity index (χ0) is 15.2. The van der Waals surface area contributed by atoms with Gasteiger partial charge in [-0.05, 0) is 33.6 Å². The molecule has 0 spiro atoms. The van der Waals surface area contributed by atoms with Crippen molar-refractivity contribution in [3.8, 4) is 0 Å². The third-order valence-electron chi connectivity index (χ3n) is 3.45. The van der Waals surface area contributed by atoms with E-state index in [9.17, 15) is 9.59 Å². The largest absolute Gasteiger partial charge is 0.480 e. The van der Waals surface area contributed by atoms with Crippen molar-refractivity contribution in [3.05, 3.63) is 0 Å². The summed E-state index contributed by atoms with van der Waals surface area (Å²) in [4.78, 5) is 24.7. The van der Waals surface area contributed by atoms with Crippen molar-refractivity contribution in [1.82, 2.24) is 4.90 Å². The maximum atomic E-state index is 12.2. The zero-order valence-corrected chi connectivity index (χ0v) is 12.9. The normalized spacial score (nSPS) is 17.9. The van der Waals surface area contributed by atoms with Crippen molar-refractivity contribution in [3.63, 3.8) is 0 Å². The van der Waals surface area contributed by atoms with Crippen LogP contribution in [0.25, 0.3) is 0 Å². The Labute approximate surface area is 121 Å². The molecule has 0 aliphatic heterocycles. The zero-order valence-electron chi connectivity index (χ0n) is 12.9. The van der Waals surface area contributed by atoms with Gasteiger partial charge in [0.2, 0.25) is 0 Å². The van der Waals surface area contributed by atoms with Crippen molar-refractivity contribution < 1.29 is 19.4 Å². The van der Waals surface area contributed by atoms with E-state index in [0.29, 0.717) is 0 Å². The van der Waals surface area contributed by atoms with Gasteiger partial charge in [0.05, 0.1) is 0 Å². The summed E-state index contributed by atoms with van der Waals surface area (Å²) in [5.74, 6) is -0.988. The Hall–Kier alpha value is -1.26. The average molecular weight is 285 g/mol. The Morgan fingerprint density at radius 2 is 1.60 bits per heavy atom. The molecule has 0 bridgehead atoms. The first-order valence-corrected chi connectivity index (χ1v) is 7.51. The number of ether oxygens (including phenoxy) is 1. The summed E-state index contributed by atoms with van der Waals surface area (Å²) < 4.78 is 5.35. The molecule has 0 aromatic heterocycles. The summed E-state index contributed by atoms with van der Waals surface area (Å²) >= 11 is 0. The first-order chi connectivity index (χ1) is 9.29. The highest BCUT2D eigenvalue weighted by atomic mass is 16.6. The predicted octanol–water partition coefficient (Wildman–Crippen LogP) is 3.42. The highest BCUT2D eigenvalue weighted by Gasteiger charge is 2.29. The Balaban J connectivity index is 2.75. The molecule has 0 unspecified atom stereocenters. The number of amides is 1. The molecule has 1 aliphatic rings. The summed E-state index contributed by atoms with van der Waals surface area (Å²) in [5, 5.41) is 9.04. The lowest BCUT2D eigenvalue weighted by molar-refractivity contribution is -0.139. The van der Waals surface area contributed by atoms with Gasteiger partial charge in [0.15, 0.2) is 0 Å². The number of rotatable bonds is 3. The Morgan fingerprint density at radius 3 is 2.05 bits per heavy atom.